The van der Waals surface area contributed by atoms with Gasteiger partial charge in [-0.15, -0.1) is 0 Å². The zero-order valence-electron chi connectivity index (χ0n) is 12.6. The fourth-order valence-corrected chi connectivity index (χ4v) is 2.01. The van der Waals surface area contributed by atoms with E-state index in [2.05, 4.69) is 5.32 Å². The SMILES string of the molecule is CCN(CC(=O)NC(C)COC)c1ccc(CN)cc1. The van der Waals surface area contributed by atoms with Gasteiger partial charge in [-0.1, -0.05) is 12.1 Å². The van der Waals surface area contributed by atoms with Gasteiger partial charge in [-0.3, -0.25) is 4.79 Å². The van der Waals surface area contributed by atoms with Crippen LogP contribution in [0.1, 0.15) is 19.4 Å². The van der Waals surface area contributed by atoms with Gasteiger partial charge in [-0.25, -0.2) is 0 Å². The number of nitrogens with two attached hydrogens (primary N) is 1. The summed E-state index contributed by atoms with van der Waals surface area (Å²) in [5.41, 5.74) is 7.70. The number of hydrogen-bond acceptors (Lipinski definition) is 4. The van der Waals surface area contributed by atoms with Crippen LogP contribution >= 0.6 is 0 Å². The molecule has 0 saturated heterocycles. The van der Waals surface area contributed by atoms with Gasteiger partial charge in [0.15, 0.2) is 0 Å². The predicted molar refractivity (Wildman–Crippen MR) is 81.7 cm³/mol. The zero-order valence-corrected chi connectivity index (χ0v) is 12.6. The number of nitrogens with zero attached hydrogens (tertiary/aromatic N) is 1. The van der Waals surface area contributed by atoms with Crippen LogP contribution in [0.5, 0.6) is 0 Å². The molecule has 5 heteroatoms. The van der Waals surface area contributed by atoms with E-state index >= 15 is 0 Å². The second-order valence-electron chi connectivity index (χ2n) is 4.81. The van der Waals surface area contributed by atoms with Gasteiger partial charge < -0.3 is 20.7 Å². The Balaban J connectivity index is 2.59. The van der Waals surface area contributed by atoms with Gasteiger partial charge in [0.1, 0.15) is 0 Å². The quantitative estimate of drug-likeness (QED) is 0.748. The van der Waals surface area contributed by atoms with E-state index in [1.807, 2.05) is 43.0 Å². The first-order valence-electron chi connectivity index (χ1n) is 6.93. The van der Waals surface area contributed by atoms with Gasteiger partial charge in [0.05, 0.1) is 13.2 Å². The molecule has 0 spiro atoms. The molecule has 20 heavy (non-hydrogen) atoms. The Morgan fingerprint density at radius 1 is 1.40 bits per heavy atom. The molecule has 1 aromatic carbocycles. The summed E-state index contributed by atoms with van der Waals surface area (Å²) in [5, 5.41) is 2.91. The molecule has 0 radical (unpaired) electrons. The standard InChI is InChI=1S/C15H25N3O2/c1-4-18(10-15(19)17-12(2)11-20-3)14-7-5-13(9-16)6-8-14/h5-8,12H,4,9-11,16H2,1-3H3,(H,17,19). The van der Waals surface area contributed by atoms with Crippen LogP contribution in [0.2, 0.25) is 0 Å². The third-order valence-electron chi connectivity index (χ3n) is 3.08. The molecular weight excluding hydrogens is 254 g/mol. The first kappa shape index (κ1) is 16.5. The van der Waals surface area contributed by atoms with Gasteiger partial charge in [0.2, 0.25) is 5.91 Å². The Labute approximate surface area is 121 Å². The van der Waals surface area contributed by atoms with Crippen molar-refractivity contribution in [3.63, 3.8) is 0 Å². The number of nitrogens with one attached hydrogen (secondary N) is 1. The van der Waals surface area contributed by atoms with E-state index < -0.39 is 0 Å². The van der Waals surface area contributed by atoms with Crippen LogP contribution in [0.25, 0.3) is 0 Å². The van der Waals surface area contributed by atoms with Gasteiger partial charge in [-0.2, -0.15) is 0 Å². The molecule has 1 aromatic rings. The molecule has 3 N–H and O–H groups in total. The second-order valence-corrected chi connectivity index (χ2v) is 4.81. The van der Waals surface area contributed by atoms with Crippen LogP contribution in [0.4, 0.5) is 5.69 Å². The van der Waals surface area contributed by atoms with Crippen molar-refractivity contribution in [3.05, 3.63) is 29.8 Å². The number of ether oxygens (including phenoxy) is 1. The van der Waals surface area contributed by atoms with E-state index in [0.29, 0.717) is 19.7 Å². The van der Waals surface area contributed by atoms with Crippen molar-refractivity contribution >= 4 is 11.6 Å². The van der Waals surface area contributed by atoms with Gasteiger partial charge in [-0.05, 0) is 31.5 Å². The summed E-state index contributed by atoms with van der Waals surface area (Å²) in [4.78, 5) is 14.0. The first-order valence-corrected chi connectivity index (χ1v) is 6.93. The Kier molecular flexibility index (Phi) is 7.04. The molecule has 112 valence electrons. The minimum absolute atomic E-state index is 0.000647. The lowest BCUT2D eigenvalue weighted by Gasteiger charge is -2.23. The fraction of sp³-hybridized carbons (Fsp3) is 0.533. The average Bonchev–Trinajstić information content (AvgIpc) is 2.45. The van der Waals surface area contributed by atoms with E-state index in [-0.39, 0.29) is 11.9 Å². The molecule has 0 saturated carbocycles. The van der Waals surface area contributed by atoms with E-state index in [4.69, 9.17) is 10.5 Å². The number of likely N-dealkylation sites (N-methyl/N-ethyl adjacent to an activating group) is 1. The minimum atomic E-state index is -0.000647. The van der Waals surface area contributed by atoms with Crippen LogP contribution in [-0.2, 0) is 16.1 Å². The second kappa shape index (κ2) is 8.55. The molecule has 1 amide bonds. The van der Waals surface area contributed by atoms with Crippen LogP contribution < -0.4 is 16.0 Å². The number of hydrogen-bond donors (Lipinski definition) is 2. The Bertz CT molecular complexity index is 406. The zero-order chi connectivity index (χ0) is 15.0. The van der Waals surface area contributed by atoms with Crippen molar-refractivity contribution in [3.8, 4) is 0 Å². The number of benzene rings is 1. The maximum Gasteiger partial charge on any atom is 0.239 e. The molecule has 1 unspecified atom stereocenters. The van der Waals surface area contributed by atoms with E-state index in [1.165, 1.54) is 0 Å². The summed E-state index contributed by atoms with van der Waals surface area (Å²) in [6.45, 7) is 6.11. The highest BCUT2D eigenvalue weighted by molar-refractivity contribution is 5.81. The van der Waals surface area contributed by atoms with Crippen molar-refractivity contribution in [2.45, 2.75) is 26.4 Å². The smallest absolute Gasteiger partial charge is 0.239 e. The van der Waals surface area contributed by atoms with Gasteiger partial charge >= 0.3 is 0 Å². The maximum atomic E-state index is 12.0. The van der Waals surface area contributed by atoms with Gasteiger partial charge in [0, 0.05) is 31.9 Å². The predicted octanol–water partition coefficient (Wildman–Crippen LogP) is 1.12. The monoisotopic (exact) mass is 279 g/mol. The first-order chi connectivity index (χ1) is 9.60. The summed E-state index contributed by atoms with van der Waals surface area (Å²) in [7, 11) is 1.63. The molecular formula is C15H25N3O2. The van der Waals surface area contributed by atoms with Crippen LogP contribution in [-0.4, -0.2) is 38.8 Å². The summed E-state index contributed by atoms with van der Waals surface area (Å²) in [6.07, 6.45) is 0. The van der Waals surface area contributed by atoms with Crippen LogP contribution in [0.15, 0.2) is 24.3 Å². The van der Waals surface area contributed by atoms with Gasteiger partial charge in [0.25, 0.3) is 0 Å². The number of carbonyl (C=O) groups excluding carboxylic acids is 1. The summed E-state index contributed by atoms with van der Waals surface area (Å²) < 4.78 is 5.01. The third-order valence-corrected chi connectivity index (χ3v) is 3.08. The third kappa shape index (κ3) is 5.19. The van der Waals surface area contributed by atoms with E-state index in [9.17, 15) is 4.79 Å². The highest BCUT2D eigenvalue weighted by atomic mass is 16.5. The molecule has 1 atom stereocenters. The lowest BCUT2D eigenvalue weighted by atomic mass is 10.2. The van der Waals surface area contributed by atoms with E-state index in [1.54, 1.807) is 7.11 Å². The molecule has 5 nitrogen and oxygen atoms in total. The highest BCUT2D eigenvalue weighted by Crippen LogP contribution is 2.14. The molecule has 0 aliphatic heterocycles. The topological polar surface area (TPSA) is 67.6 Å². The molecule has 0 bridgehead atoms. The summed E-state index contributed by atoms with van der Waals surface area (Å²) in [5.74, 6) is -0.000647. The van der Waals surface area contributed by atoms with Crippen molar-refractivity contribution in [1.29, 1.82) is 0 Å². The van der Waals surface area contributed by atoms with Crippen molar-refractivity contribution in [2.75, 3.05) is 31.7 Å². The molecule has 0 fully saturated rings. The Morgan fingerprint density at radius 3 is 2.55 bits per heavy atom. The number of carbonyl (C=O) groups is 1. The Hall–Kier alpha value is -1.59. The normalized spacial score (nSPS) is 12.0. The molecule has 0 aliphatic rings. The van der Waals surface area contributed by atoms with Crippen LogP contribution in [0, 0.1) is 0 Å². The number of amides is 1. The summed E-state index contributed by atoms with van der Waals surface area (Å²) >= 11 is 0. The number of methoxy groups -OCH3 is 1. The van der Waals surface area contributed by atoms with E-state index in [0.717, 1.165) is 17.8 Å². The fourth-order valence-electron chi connectivity index (χ4n) is 2.01. The lowest BCUT2D eigenvalue weighted by Crippen LogP contribution is -2.42. The molecule has 0 aliphatic carbocycles. The van der Waals surface area contributed by atoms with Crippen molar-refractivity contribution in [1.82, 2.24) is 5.32 Å². The molecule has 0 heterocycles. The molecule has 1 rings (SSSR count). The Morgan fingerprint density at radius 2 is 2.05 bits per heavy atom. The largest absolute Gasteiger partial charge is 0.383 e. The summed E-state index contributed by atoms with van der Waals surface area (Å²) in [6, 6.07) is 7.99. The minimum Gasteiger partial charge on any atom is -0.383 e. The average molecular weight is 279 g/mol. The highest BCUT2D eigenvalue weighted by Gasteiger charge is 2.12. The number of anilines is 1. The lowest BCUT2D eigenvalue weighted by molar-refractivity contribution is -0.120. The molecule has 0 aromatic heterocycles. The number of rotatable bonds is 8. The van der Waals surface area contributed by atoms with Crippen molar-refractivity contribution < 1.29 is 9.53 Å². The van der Waals surface area contributed by atoms with Crippen molar-refractivity contribution in [2.24, 2.45) is 5.73 Å². The maximum absolute atomic E-state index is 12.0. The van der Waals surface area contributed by atoms with Crippen LogP contribution in [0.3, 0.4) is 0 Å².